The lowest BCUT2D eigenvalue weighted by molar-refractivity contribution is -0.157. The van der Waals surface area contributed by atoms with Gasteiger partial charge in [0, 0.05) is 12.0 Å². The Morgan fingerprint density at radius 2 is 1.58 bits per heavy atom. The van der Waals surface area contributed by atoms with Crippen LogP contribution in [0.1, 0.15) is 37.5 Å². The van der Waals surface area contributed by atoms with Crippen molar-refractivity contribution in [1.29, 1.82) is 0 Å². The first-order valence-electron chi connectivity index (χ1n) is 10.0. The van der Waals surface area contributed by atoms with Crippen LogP contribution >= 0.6 is 0 Å². The monoisotopic (exact) mass is 466 g/mol. The highest BCUT2D eigenvalue weighted by Gasteiger charge is 2.30. The van der Waals surface area contributed by atoms with Gasteiger partial charge in [-0.2, -0.15) is 13.2 Å². The smallest absolute Gasteiger partial charge is 0.416 e. The quantitative estimate of drug-likeness (QED) is 0.314. The Morgan fingerprint density at radius 1 is 0.970 bits per heavy atom. The van der Waals surface area contributed by atoms with Gasteiger partial charge in [-0.3, -0.25) is 0 Å². The van der Waals surface area contributed by atoms with E-state index >= 15 is 0 Å². The number of ether oxygens (including phenoxy) is 3. The van der Waals surface area contributed by atoms with Crippen molar-refractivity contribution < 1.29 is 42.1 Å². The van der Waals surface area contributed by atoms with Crippen molar-refractivity contribution in [3.8, 4) is 5.75 Å². The Morgan fingerprint density at radius 3 is 2.09 bits per heavy atom. The van der Waals surface area contributed by atoms with Crippen molar-refractivity contribution in [2.24, 2.45) is 0 Å². The summed E-state index contributed by atoms with van der Waals surface area (Å²) in [6.45, 7) is 5.15. The highest BCUT2D eigenvalue weighted by molar-refractivity contribution is 5.88. The van der Waals surface area contributed by atoms with E-state index < -0.39 is 29.3 Å². The zero-order chi connectivity index (χ0) is 24.6. The second kappa shape index (κ2) is 10.9. The number of rotatable bonds is 9. The number of aliphatic carboxylic acids is 1. The molecule has 0 saturated heterocycles. The summed E-state index contributed by atoms with van der Waals surface area (Å²) in [4.78, 5) is 22.8. The van der Waals surface area contributed by atoms with E-state index in [-0.39, 0.29) is 24.5 Å². The van der Waals surface area contributed by atoms with Crippen molar-refractivity contribution in [3.05, 3.63) is 71.3 Å². The number of hydrogen-bond donors (Lipinski definition) is 1. The fourth-order valence-electron chi connectivity index (χ4n) is 2.69. The predicted molar refractivity (Wildman–Crippen MR) is 114 cm³/mol. The number of benzene rings is 2. The van der Waals surface area contributed by atoms with Gasteiger partial charge in [-0.25, -0.2) is 9.59 Å². The molecule has 0 heterocycles. The highest BCUT2D eigenvalue weighted by atomic mass is 19.4. The van der Waals surface area contributed by atoms with Crippen LogP contribution in [-0.4, -0.2) is 35.9 Å². The van der Waals surface area contributed by atoms with Gasteiger partial charge in [0.25, 0.3) is 0 Å². The van der Waals surface area contributed by atoms with Crippen LogP contribution in [0, 0.1) is 0 Å². The van der Waals surface area contributed by atoms with Gasteiger partial charge in [0.15, 0.2) is 6.61 Å². The minimum absolute atomic E-state index is 0.0476. The normalized spacial score (nSPS) is 12.2. The minimum Gasteiger partial charge on any atom is -0.492 e. The molecule has 178 valence electrons. The maximum atomic E-state index is 12.7. The van der Waals surface area contributed by atoms with Crippen LogP contribution in [0.4, 0.5) is 13.2 Å². The number of carbonyl (C=O) groups is 2. The molecule has 0 bridgehead atoms. The van der Waals surface area contributed by atoms with E-state index in [0.717, 1.165) is 35.9 Å². The molecule has 0 aromatic heterocycles. The Labute approximate surface area is 189 Å². The lowest BCUT2D eigenvalue weighted by Crippen LogP contribution is -2.27. The molecule has 33 heavy (non-hydrogen) atoms. The standard InChI is InChI=1S/C24H25F3O6/c1-23(2,3)33-22(30)15-32-19-10-4-16(5-11-19)12-13-31-20(14-21(28)29)17-6-8-18(9-7-17)24(25,26)27/h4-11,14H,12-13,15H2,1-3H3,(H,28,29). The molecule has 0 fully saturated rings. The lowest BCUT2D eigenvalue weighted by Gasteiger charge is -2.19. The maximum Gasteiger partial charge on any atom is 0.416 e. The van der Waals surface area contributed by atoms with Crippen LogP contribution in [0.25, 0.3) is 5.76 Å². The summed E-state index contributed by atoms with van der Waals surface area (Å²) in [7, 11) is 0. The molecule has 0 unspecified atom stereocenters. The summed E-state index contributed by atoms with van der Waals surface area (Å²) in [5.41, 5.74) is -0.369. The maximum absolute atomic E-state index is 12.7. The SMILES string of the molecule is CC(C)(C)OC(=O)COc1ccc(CCOC(=CC(=O)O)c2ccc(C(F)(F)F)cc2)cc1. The van der Waals surface area contributed by atoms with Gasteiger partial charge in [-0.05, 0) is 50.6 Å². The second-order valence-electron chi connectivity index (χ2n) is 8.04. The molecule has 0 radical (unpaired) electrons. The molecule has 0 aliphatic carbocycles. The van der Waals surface area contributed by atoms with Crippen LogP contribution in [0.2, 0.25) is 0 Å². The van der Waals surface area contributed by atoms with Crippen LogP contribution in [0.3, 0.4) is 0 Å². The van der Waals surface area contributed by atoms with Crippen molar-refractivity contribution in [3.63, 3.8) is 0 Å². The van der Waals surface area contributed by atoms with E-state index in [2.05, 4.69) is 0 Å². The Bertz CT molecular complexity index is 971. The molecule has 0 atom stereocenters. The topological polar surface area (TPSA) is 82.1 Å². The van der Waals surface area contributed by atoms with Crippen molar-refractivity contribution >= 4 is 17.7 Å². The first kappa shape index (κ1) is 25.8. The van der Waals surface area contributed by atoms with Crippen LogP contribution in [-0.2, 0) is 31.7 Å². The van der Waals surface area contributed by atoms with Crippen molar-refractivity contribution in [1.82, 2.24) is 0 Å². The summed E-state index contributed by atoms with van der Waals surface area (Å²) in [5.74, 6) is -1.34. The zero-order valence-corrected chi connectivity index (χ0v) is 18.4. The van der Waals surface area contributed by atoms with Crippen LogP contribution in [0.5, 0.6) is 5.75 Å². The zero-order valence-electron chi connectivity index (χ0n) is 18.4. The number of hydrogen-bond acceptors (Lipinski definition) is 5. The van der Waals surface area contributed by atoms with Gasteiger partial charge in [0.2, 0.25) is 0 Å². The summed E-state index contributed by atoms with van der Waals surface area (Å²) in [5, 5.41) is 9.04. The second-order valence-corrected chi connectivity index (χ2v) is 8.04. The summed E-state index contributed by atoms with van der Waals surface area (Å²) < 4.78 is 54.3. The fourth-order valence-corrected chi connectivity index (χ4v) is 2.69. The Balaban J connectivity index is 1.92. The molecule has 0 spiro atoms. The van der Waals surface area contributed by atoms with E-state index in [1.165, 1.54) is 0 Å². The van der Waals surface area contributed by atoms with Crippen LogP contribution in [0.15, 0.2) is 54.6 Å². The number of carbonyl (C=O) groups excluding carboxylic acids is 1. The third kappa shape index (κ3) is 9.26. The molecule has 0 aliphatic heterocycles. The molecular weight excluding hydrogens is 441 g/mol. The molecular formula is C24H25F3O6. The van der Waals surface area contributed by atoms with Crippen molar-refractivity contribution in [2.75, 3.05) is 13.2 Å². The largest absolute Gasteiger partial charge is 0.492 e. The van der Waals surface area contributed by atoms with Crippen molar-refractivity contribution in [2.45, 2.75) is 39.0 Å². The molecule has 2 aromatic carbocycles. The van der Waals surface area contributed by atoms with Gasteiger partial charge < -0.3 is 19.3 Å². The van der Waals surface area contributed by atoms with E-state index in [9.17, 15) is 22.8 Å². The summed E-state index contributed by atoms with van der Waals surface area (Å²) in [6.07, 6.45) is -3.28. The molecule has 6 nitrogen and oxygen atoms in total. The van der Waals surface area contributed by atoms with Gasteiger partial charge in [0.1, 0.15) is 17.1 Å². The van der Waals surface area contributed by atoms with E-state index in [4.69, 9.17) is 19.3 Å². The summed E-state index contributed by atoms with van der Waals surface area (Å²) in [6, 6.07) is 10.9. The average molecular weight is 466 g/mol. The molecule has 1 N–H and O–H groups in total. The van der Waals surface area contributed by atoms with Gasteiger partial charge in [-0.1, -0.05) is 24.3 Å². The number of halogens is 3. The Kier molecular flexibility index (Phi) is 8.50. The van der Waals surface area contributed by atoms with E-state index in [1.54, 1.807) is 45.0 Å². The van der Waals surface area contributed by atoms with E-state index in [0.29, 0.717) is 12.2 Å². The first-order valence-corrected chi connectivity index (χ1v) is 10.0. The number of carboxylic acids is 1. The molecule has 2 rings (SSSR count). The number of carboxylic acid groups (broad SMARTS) is 1. The van der Waals surface area contributed by atoms with Gasteiger partial charge >= 0.3 is 18.1 Å². The average Bonchev–Trinajstić information content (AvgIpc) is 2.70. The van der Waals surface area contributed by atoms with Gasteiger partial charge in [-0.15, -0.1) is 0 Å². The predicted octanol–water partition coefficient (Wildman–Crippen LogP) is 5.11. The molecule has 0 saturated carbocycles. The molecule has 0 amide bonds. The van der Waals surface area contributed by atoms with Crippen LogP contribution < -0.4 is 4.74 Å². The third-order valence-corrected chi connectivity index (χ3v) is 4.10. The number of esters is 1. The lowest BCUT2D eigenvalue weighted by atomic mass is 10.1. The highest BCUT2D eigenvalue weighted by Crippen LogP contribution is 2.30. The fraction of sp³-hybridized carbons (Fsp3) is 0.333. The van der Waals surface area contributed by atoms with E-state index in [1.807, 2.05) is 0 Å². The molecule has 9 heteroatoms. The summed E-state index contributed by atoms with van der Waals surface area (Å²) >= 11 is 0. The van der Waals surface area contributed by atoms with Gasteiger partial charge in [0.05, 0.1) is 18.2 Å². The minimum atomic E-state index is -4.49. The first-order chi connectivity index (χ1) is 15.3. The molecule has 0 aliphatic rings. The Hall–Kier alpha value is -3.49. The number of alkyl halides is 3. The third-order valence-electron chi connectivity index (χ3n) is 4.10. The molecule has 2 aromatic rings.